The first kappa shape index (κ1) is 38.2. The van der Waals surface area contributed by atoms with Gasteiger partial charge in [-0.05, 0) is 52.0 Å². The minimum absolute atomic E-state index is 0.0100. The first-order valence-electron chi connectivity index (χ1n) is 17.4. The van der Waals surface area contributed by atoms with E-state index < -0.39 is 59.2 Å². The number of ether oxygens (including phenoxy) is 2. The lowest BCUT2D eigenvalue weighted by atomic mass is 10.0. The zero-order valence-corrected chi connectivity index (χ0v) is 29.8. The quantitative estimate of drug-likeness (QED) is 0.300. The highest BCUT2D eigenvalue weighted by atomic mass is 16.6. The predicted octanol–water partition coefficient (Wildman–Crippen LogP) is 2.77. The highest BCUT2D eigenvalue weighted by Gasteiger charge is 2.61. The van der Waals surface area contributed by atoms with Crippen LogP contribution >= 0.6 is 0 Å². The zero-order valence-electron chi connectivity index (χ0n) is 29.8. The Balaban J connectivity index is 1.50. The van der Waals surface area contributed by atoms with E-state index in [9.17, 15) is 28.8 Å². The lowest BCUT2D eigenvalue weighted by molar-refractivity contribution is -0.141. The third-order valence-electron chi connectivity index (χ3n) is 8.94. The van der Waals surface area contributed by atoms with Crippen LogP contribution in [0.3, 0.4) is 0 Å². The van der Waals surface area contributed by atoms with E-state index in [2.05, 4.69) is 21.3 Å². The fourth-order valence-corrected chi connectivity index (χ4v) is 6.20. The molecule has 1 aromatic rings. The largest absolute Gasteiger partial charge is 0.444 e. The lowest BCUT2D eigenvalue weighted by Crippen LogP contribution is -2.58. The molecule has 0 bridgehead atoms. The molecule has 0 spiro atoms. The number of benzene rings is 1. The molecule has 2 heterocycles. The molecule has 6 amide bonds. The second-order valence-corrected chi connectivity index (χ2v) is 14.4. The van der Waals surface area contributed by atoms with Gasteiger partial charge in [0.15, 0.2) is 0 Å². The van der Waals surface area contributed by atoms with E-state index in [-0.39, 0.29) is 37.8 Å². The average Bonchev–Trinajstić information content (AvgIpc) is 3.58. The van der Waals surface area contributed by atoms with Gasteiger partial charge in [-0.2, -0.15) is 0 Å². The molecule has 4 rings (SSSR count). The number of hydrogen-bond acceptors (Lipinski definition) is 8. The number of carbonyl (C=O) groups excluding carboxylic acids is 6. The van der Waals surface area contributed by atoms with Crippen LogP contribution < -0.4 is 21.3 Å². The van der Waals surface area contributed by atoms with Crippen LogP contribution in [-0.4, -0.2) is 102 Å². The standard InChI is InChI=1S/C36H52N6O8/c1-35(2,3)50-33(47)39-27-17-13-8-6-7-12-16-25-21-36(25,32(46)37-19-18-29(43)38-22-24-14-10-9-11-15-24)40-30(44)28-20-26(23-42(28)31(27)45)49-34(48)41(4)5/h9-12,14-16,25-28H,6-8,13,17-23H2,1-5H3,(H,37,46)(H,38,43)(H,39,47)(H,40,44)/t25-,26-,27+,28+,36-/m1/s1. The van der Waals surface area contributed by atoms with Crippen molar-refractivity contribution in [1.29, 1.82) is 0 Å². The van der Waals surface area contributed by atoms with E-state index in [0.717, 1.165) is 24.8 Å². The highest BCUT2D eigenvalue weighted by Crippen LogP contribution is 2.45. The van der Waals surface area contributed by atoms with Gasteiger partial charge in [-0.1, -0.05) is 55.3 Å². The summed E-state index contributed by atoms with van der Waals surface area (Å²) < 4.78 is 11.0. The number of amides is 6. The zero-order chi connectivity index (χ0) is 36.5. The average molecular weight is 697 g/mol. The van der Waals surface area contributed by atoms with Gasteiger partial charge < -0.3 is 40.5 Å². The molecule has 0 radical (unpaired) electrons. The molecule has 0 aromatic heterocycles. The van der Waals surface area contributed by atoms with Gasteiger partial charge in [0.1, 0.15) is 29.3 Å². The van der Waals surface area contributed by atoms with Gasteiger partial charge in [0.25, 0.3) is 0 Å². The van der Waals surface area contributed by atoms with Crippen LogP contribution in [0.4, 0.5) is 9.59 Å². The third kappa shape index (κ3) is 10.7. The third-order valence-corrected chi connectivity index (χ3v) is 8.94. The summed E-state index contributed by atoms with van der Waals surface area (Å²) in [6, 6.07) is 7.43. The SMILES string of the molecule is CN(C)C(=O)O[C@@H]1C[C@H]2C(=O)N[C@]3(C(=O)NCCC(=O)NCc4ccccc4)C[C@H]3C=CCCCCC[C@H](NC(=O)OC(C)(C)C)C(=O)N2C1. The van der Waals surface area contributed by atoms with Gasteiger partial charge in [-0.25, -0.2) is 9.59 Å². The number of rotatable bonds is 8. The summed E-state index contributed by atoms with van der Waals surface area (Å²) in [5.74, 6) is -1.99. The first-order chi connectivity index (χ1) is 23.7. The van der Waals surface area contributed by atoms with E-state index in [4.69, 9.17) is 9.47 Å². The van der Waals surface area contributed by atoms with Crippen LogP contribution in [0.25, 0.3) is 0 Å². The number of alkyl carbamates (subject to hydrolysis) is 1. The monoisotopic (exact) mass is 696 g/mol. The summed E-state index contributed by atoms with van der Waals surface area (Å²) in [5, 5.41) is 11.3. The van der Waals surface area contributed by atoms with Crippen LogP contribution in [0.15, 0.2) is 42.5 Å². The second kappa shape index (κ2) is 16.9. The summed E-state index contributed by atoms with van der Waals surface area (Å²) in [7, 11) is 3.07. The van der Waals surface area contributed by atoms with Crippen molar-refractivity contribution >= 4 is 35.8 Å². The maximum absolute atomic E-state index is 14.1. The predicted molar refractivity (Wildman–Crippen MR) is 184 cm³/mol. The maximum Gasteiger partial charge on any atom is 0.409 e. The Hall–Kier alpha value is -4.62. The van der Waals surface area contributed by atoms with Crippen molar-refractivity contribution in [3.05, 3.63) is 48.0 Å². The van der Waals surface area contributed by atoms with Crippen molar-refractivity contribution in [2.75, 3.05) is 27.2 Å². The van der Waals surface area contributed by atoms with E-state index >= 15 is 0 Å². The summed E-state index contributed by atoms with van der Waals surface area (Å²) in [5.41, 5.74) is -1.10. The van der Waals surface area contributed by atoms with Crippen LogP contribution in [0, 0.1) is 5.92 Å². The molecule has 2 aliphatic heterocycles. The van der Waals surface area contributed by atoms with E-state index in [1.165, 1.54) is 23.9 Å². The molecule has 50 heavy (non-hydrogen) atoms. The van der Waals surface area contributed by atoms with Gasteiger partial charge in [0.2, 0.25) is 23.6 Å². The van der Waals surface area contributed by atoms with Crippen molar-refractivity contribution in [2.24, 2.45) is 5.92 Å². The van der Waals surface area contributed by atoms with Gasteiger partial charge in [-0.15, -0.1) is 0 Å². The van der Waals surface area contributed by atoms with Crippen molar-refractivity contribution in [2.45, 2.75) is 108 Å². The summed E-state index contributed by atoms with van der Waals surface area (Å²) in [6.07, 6.45) is 5.52. The number of nitrogens with zero attached hydrogens (tertiary/aromatic N) is 2. The smallest absolute Gasteiger partial charge is 0.409 e. The molecular formula is C36H52N6O8. The Labute approximate surface area is 294 Å². The fraction of sp³-hybridized carbons (Fsp3) is 0.611. The molecule has 0 unspecified atom stereocenters. The fourth-order valence-electron chi connectivity index (χ4n) is 6.20. The van der Waals surface area contributed by atoms with Gasteiger partial charge in [0, 0.05) is 45.9 Å². The molecule has 1 saturated carbocycles. The van der Waals surface area contributed by atoms with Gasteiger partial charge in [0.05, 0.1) is 6.54 Å². The molecule has 1 aliphatic carbocycles. The van der Waals surface area contributed by atoms with Crippen LogP contribution in [-0.2, 0) is 35.2 Å². The number of allylic oxidation sites excluding steroid dienone is 1. The molecular weight excluding hydrogens is 644 g/mol. The Morgan fingerprint density at radius 1 is 1.04 bits per heavy atom. The molecule has 274 valence electrons. The summed E-state index contributed by atoms with van der Waals surface area (Å²) >= 11 is 0. The second-order valence-electron chi connectivity index (χ2n) is 14.4. The number of nitrogens with one attached hydrogen (secondary N) is 4. The minimum Gasteiger partial charge on any atom is -0.444 e. The van der Waals surface area contributed by atoms with Gasteiger partial charge in [-0.3, -0.25) is 19.2 Å². The molecule has 1 aromatic carbocycles. The lowest BCUT2D eigenvalue weighted by Gasteiger charge is -2.30. The summed E-state index contributed by atoms with van der Waals surface area (Å²) in [4.78, 5) is 82.2. The molecule has 2 fully saturated rings. The minimum atomic E-state index is -1.27. The molecule has 3 aliphatic rings. The first-order valence-corrected chi connectivity index (χ1v) is 17.4. The summed E-state index contributed by atoms with van der Waals surface area (Å²) in [6.45, 7) is 5.55. The molecule has 14 heteroatoms. The molecule has 1 saturated heterocycles. The topological polar surface area (TPSA) is 175 Å². The van der Waals surface area contributed by atoms with Gasteiger partial charge >= 0.3 is 12.2 Å². The maximum atomic E-state index is 14.1. The van der Waals surface area contributed by atoms with E-state index in [1.54, 1.807) is 20.8 Å². The normalized spacial score (nSPS) is 25.4. The number of fused-ring (bicyclic) bond motifs is 2. The van der Waals surface area contributed by atoms with Crippen molar-refractivity contribution < 1.29 is 38.2 Å². The van der Waals surface area contributed by atoms with Crippen molar-refractivity contribution in [3.8, 4) is 0 Å². The Bertz CT molecular complexity index is 1430. The molecule has 4 N–H and O–H groups in total. The van der Waals surface area contributed by atoms with Crippen molar-refractivity contribution in [1.82, 2.24) is 31.1 Å². The Morgan fingerprint density at radius 3 is 2.48 bits per heavy atom. The molecule has 14 nitrogen and oxygen atoms in total. The van der Waals surface area contributed by atoms with E-state index in [1.807, 2.05) is 42.5 Å². The highest BCUT2D eigenvalue weighted by molar-refractivity contribution is 5.98. The van der Waals surface area contributed by atoms with Crippen molar-refractivity contribution in [3.63, 3.8) is 0 Å². The van der Waals surface area contributed by atoms with E-state index in [0.29, 0.717) is 25.8 Å². The molecule has 5 atom stereocenters. The number of carbonyl (C=O) groups is 6. The number of hydrogen-bond donors (Lipinski definition) is 4. The van der Waals surface area contributed by atoms with Crippen LogP contribution in [0.5, 0.6) is 0 Å². The van der Waals surface area contributed by atoms with Crippen LogP contribution in [0.2, 0.25) is 0 Å². The Kier molecular flexibility index (Phi) is 12.9. The Morgan fingerprint density at radius 2 is 1.78 bits per heavy atom. The van der Waals surface area contributed by atoms with Crippen LogP contribution in [0.1, 0.15) is 77.7 Å².